The van der Waals surface area contributed by atoms with Crippen molar-refractivity contribution < 1.29 is 9.90 Å². The average Bonchev–Trinajstić information content (AvgIpc) is 2.17. The van der Waals surface area contributed by atoms with Crippen molar-refractivity contribution in [1.82, 2.24) is 5.32 Å². The number of amides is 1. The van der Waals surface area contributed by atoms with Gasteiger partial charge in [-0.3, -0.25) is 4.79 Å². The van der Waals surface area contributed by atoms with Gasteiger partial charge in [0.15, 0.2) is 5.72 Å². The summed E-state index contributed by atoms with van der Waals surface area (Å²) in [5, 5.41) is 12.9. The van der Waals surface area contributed by atoms with Crippen LogP contribution < -0.4 is 5.32 Å². The van der Waals surface area contributed by atoms with Crippen LogP contribution in [0, 0.1) is 0 Å². The van der Waals surface area contributed by atoms with E-state index in [1.54, 1.807) is 0 Å². The molecule has 1 aromatic rings. The molecule has 1 aliphatic carbocycles. The molecular formula is C12H13NO2. The summed E-state index contributed by atoms with van der Waals surface area (Å²) in [7, 11) is 0. The fourth-order valence-corrected chi connectivity index (χ4v) is 1.89. The van der Waals surface area contributed by atoms with Crippen LogP contribution in [0.25, 0.3) is 6.08 Å². The van der Waals surface area contributed by atoms with Gasteiger partial charge < -0.3 is 10.4 Å². The van der Waals surface area contributed by atoms with E-state index in [2.05, 4.69) is 5.32 Å². The highest BCUT2D eigenvalue weighted by Gasteiger charge is 2.32. The van der Waals surface area contributed by atoms with Gasteiger partial charge in [0.25, 0.3) is 0 Å². The Hall–Kier alpha value is -1.61. The second-order valence-corrected chi connectivity index (χ2v) is 3.74. The lowest BCUT2D eigenvalue weighted by Gasteiger charge is -2.32. The minimum atomic E-state index is -1.25. The molecule has 1 aliphatic rings. The zero-order valence-electron chi connectivity index (χ0n) is 8.53. The molecule has 1 atom stereocenters. The van der Waals surface area contributed by atoms with Crippen molar-refractivity contribution in [2.24, 2.45) is 0 Å². The highest BCUT2D eigenvalue weighted by molar-refractivity contribution is 5.74. The third-order valence-electron chi connectivity index (χ3n) is 2.50. The molecular weight excluding hydrogens is 190 g/mol. The van der Waals surface area contributed by atoms with Crippen LogP contribution in [0.3, 0.4) is 0 Å². The number of rotatable bonds is 1. The highest BCUT2D eigenvalue weighted by Crippen LogP contribution is 2.30. The SMILES string of the molecule is CC(=O)NC1(O)CC=Cc2ccccc21. The van der Waals surface area contributed by atoms with Gasteiger partial charge in [-0.05, 0) is 5.56 Å². The van der Waals surface area contributed by atoms with Gasteiger partial charge in [-0.1, -0.05) is 36.4 Å². The van der Waals surface area contributed by atoms with Gasteiger partial charge in [0.1, 0.15) is 0 Å². The zero-order chi connectivity index (χ0) is 10.9. The van der Waals surface area contributed by atoms with E-state index < -0.39 is 5.72 Å². The Morgan fingerprint density at radius 3 is 2.93 bits per heavy atom. The Bertz CT molecular complexity index is 425. The number of aliphatic hydroxyl groups is 1. The highest BCUT2D eigenvalue weighted by atomic mass is 16.3. The first-order chi connectivity index (χ1) is 7.12. The summed E-state index contributed by atoms with van der Waals surface area (Å²) in [6.45, 7) is 1.40. The fraction of sp³-hybridized carbons (Fsp3) is 0.250. The van der Waals surface area contributed by atoms with Gasteiger partial charge in [0.2, 0.25) is 5.91 Å². The van der Waals surface area contributed by atoms with Crippen molar-refractivity contribution in [3.63, 3.8) is 0 Å². The van der Waals surface area contributed by atoms with Crippen LogP contribution in [0.1, 0.15) is 24.5 Å². The Morgan fingerprint density at radius 1 is 1.47 bits per heavy atom. The molecule has 0 fully saturated rings. The first-order valence-corrected chi connectivity index (χ1v) is 4.89. The molecule has 2 rings (SSSR count). The van der Waals surface area contributed by atoms with Crippen molar-refractivity contribution in [3.8, 4) is 0 Å². The standard InChI is InChI=1S/C12H13NO2/c1-9(14)13-12(15)8-4-6-10-5-2-3-7-11(10)12/h2-7,15H,8H2,1H3,(H,13,14). The zero-order valence-corrected chi connectivity index (χ0v) is 8.53. The summed E-state index contributed by atoms with van der Waals surface area (Å²) in [5.74, 6) is -0.234. The molecule has 2 N–H and O–H groups in total. The Kier molecular flexibility index (Phi) is 2.32. The molecule has 0 spiro atoms. The van der Waals surface area contributed by atoms with E-state index in [1.165, 1.54) is 6.92 Å². The predicted molar refractivity (Wildman–Crippen MR) is 57.8 cm³/mol. The van der Waals surface area contributed by atoms with Crippen molar-refractivity contribution in [2.75, 3.05) is 0 Å². The van der Waals surface area contributed by atoms with E-state index >= 15 is 0 Å². The molecule has 0 radical (unpaired) electrons. The third-order valence-corrected chi connectivity index (χ3v) is 2.50. The van der Waals surface area contributed by atoms with E-state index in [0.29, 0.717) is 6.42 Å². The van der Waals surface area contributed by atoms with Gasteiger partial charge in [-0.15, -0.1) is 0 Å². The van der Waals surface area contributed by atoms with E-state index in [-0.39, 0.29) is 5.91 Å². The van der Waals surface area contributed by atoms with Crippen LogP contribution in [0.15, 0.2) is 30.3 Å². The monoisotopic (exact) mass is 203 g/mol. The molecule has 15 heavy (non-hydrogen) atoms. The molecule has 1 amide bonds. The summed E-state index contributed by atoms with van der Waals surface area (Å²) >= 11 is 0. The van der Waals surface area contributed by atoms with E-state index in [1.807, 2.05) is 36.4 Å². The van der Waals surface area contributed by atoms with Gasteiger partial charge in [0, 0.05) is 18.9 Å². The number of benzene rings is 1. The van der Waals surface area contributed by atoms with E-state index in [9.17, 15) is 9.90 Å². The van der Waals surface area contributed by atoms with Gasteiger partial charge in [0.05, 0.1) is 0 Å². The third kappa shape index (κ3) is 1.78. The molecule has 0 saturated heterocycles. The Labute approximate surface area is 88.4 Å². The summed E-state index contributed by atoms with van der Waals surface area (Å²) < 4.78 is 0. The largest absolute Gasteiger partial charge is 0.367 e. The van der Waals surface area contributed by atoms with Gasteiger partial charge in [-0.25, -0.2) is 0 Å². The summed E-state index contributed by atoms with van der Waals surface area (Å²) in [5.41, 5.74) is 0.444. The first-order valence-electron chi connectivity index (χ1n) is 4.89. The quantitative estimate of drug-likeness (QED) is 0.677. The van der Waals surface area contributed by atoms with E-state index in [0.717, 1.165) is 11.1 Å². The molecule has 1 aromatic carbocycles. The second kappa shape index (κ2) is 3.51. The molecule has 0 bridgehead atoms. The van der Waals surface area contributed by atoms with Crippen molar-refractivity contribution >= 4 is 12.0 Å². The van der Waals surface area contributed by atoms with Crippen molar-refractivity contribution in [1.29, 1.82) is 0 Å². The maximum Gasteiger partial charge on any atom is 0.219 e. The van der Waals surface area contributed by atoms with Crippen molar-refractivity contribution in [2.45, 2.75) is 19.1 Å². The number of nitrogens with one attached hydrogen (secondary N) is 1. The van der Waals surface area contributed by atoms with Crippen LogP contribution >= 0.6 is 0 Å². The normalized spacial score (nSPS) is 23.3. The molecule has 3 nitrogen and oxygen atoms in total. The van der Waals surface area contributed by atoms with Crippen LogP contribution in [-0.4, -0.2) is 11.0 Å². The van der Waals surface area contributed by atoms with Gasteiger partial charge in [-0.2, -0.15) is 0 Å². The summed E-state index contributed by atoms with van der Waals surface area (Å²) in [6, 6.07) is 7.50. The topological polar surface area (TPSA) is 49.3 Å². The molecule has 3 heteroatoms. The lowest BCUT2D eigenvalue weighted by Crippen LogP contribution is -2.45. The Balaban J connectivity index is 2.45. The van der Waals surface area contributed by atoms with Crippen LogP contribution in [0.5, 0.6) is 0 Å². The predicted octanol–water partition coefficient (Wildman–Crippen LogP) is 1.38. The van der Waals surface area contributed by atoms with Crippen LogP contribution in [-0.2, 0) is 10.5 Å². The van der Waals surface area contributed by atoms with Crippen LogP contribution in [0.2, 0.25) is 0 Å². The first kappa shape index (κ1) is 9.93. The molecule has 1 unspecified atom stereocenters. The summed E-state index contributed by atoms with van der Waals surface area (Å²) in [4.78, 5) is 11.0. The second-order valence-electron chi connectivity index (χ2n) is 3.74. The summed E-state index contributed by atoms with van der Waals surface area (Å²) in [6.07, 6.45) is 4.22. The molecule has 0 saturated carbocycles. The van der Waals surface area contributed by atoms with Crippen molar-refractivity contribution in [3.05, 3.63) is 41.5 Å². The lowest BCUT2D eigenvalue weighted by atomic mass is 9.89. The minimum Gasteiger partial charge on any atom is -0.367 e. The number of carbonyl (C=O) groups excluding carboxylic acids is 1. The molecule has 0 heterocycles. The lowest BCUT2D eigenvalue weighted by molar-refractivity contribution is -0.127. The number of hydrogen-bond donors (Lipinski definition) is 2. The minimum absolute atomic E-state index is 0.234. The number of fused-ring (bicyclic) bond motifs is 1. The maximum absolute atomic E-state index is 11.0. The molecule has 0 aromatic heterocycles. The number of hydrogen-bond acceptors (Lipinski definition) is 2. The maximum atomic E-state index is 11.0. The fourth-order valence-electron chi connectivity index (χ4n) is 1.89. The van der Waals surface area contributed by atoms with Crippen LogP contribution in [0.4, 0.5) is 0 Å². The van der Waals surface area contributed by atoms with Gasteiger partial charge >= 0.3 is 0 Å². The molecule has 78 valence electrons. The Morgan fingerprint density at radius 2 is 2.20 bits per heavy atom. The number of carbonyl (C=O) groups is 1. The van der Waals surface area contributed by atoms with E-state index in [4.69, 9.17) is 0 Å². The smallest absolute Gasteiger partial charge is 0.219 e. The average molecular weight is 203 g/mol. The molecule has 0 aliphatic heterocycles.